The fourth-order valence-corrected chi connectivity index (χ4v) is 7.29. The third-order valence-electron chi connectivity index (χ3n) is 10.7. The Morgan fingerprint density at radius 2 is 1.70 bits per heavy atom. The highest BCUT2D eigenvalue weighted by molar-refractivity contribution is 5.59. The van der Waals surface area contributed by atoms with Crippen molar-refractivity contribution in [2.45, 2.75) is 116 Å². The van der Waals surface area contributed by atoms with Crippen molar-refractivity contribution in [3.05, 3.63) is 111 Å². The highest BCUT2D eigenvalue weighted by atomic mass is 15.2. The van der Waals surface area contributed by atoms with Crippen LogP contribution in [0, 0.1) is 18.8 Å². The number of nitrogens with zero attached hydrogens (tertiary/aromatic N) is 1. The Labute approximate surface area is 265 Å². The van der Waals surface area contributed by atoms with Crippen molar-refractivity contribution in [2.75, 3.05) is 11.9 Å². The van der Waals surface area contributed by atoms with Crippen molar-refractivity contribution < 1.29 is 0 Å². The highest BCUT2D eigenvalue weighted by Gasteiger charge is 2.30. The monoisotopic (exact) mass is 583 g/mol. The normalized spacial score (nSPS) is 21.2. The molecule has 0 amide bonds. The second kappa shape index (κ2) is 13.2. The third kappa shape index (κ3) is 6.41. The lowest BCUT2D eigenvalue weighted by Gasteiger charge is -2.34. The van der Waals surface area contributed by atoms with E-state index in [1.54, 1.807) is 11.3 Å². The van der Waals surface area contributed by atoms with Crippen LogP contribution in [0.1, 0.15) is 119 Å². The van der Waals surface area contributed by atoms with Gasteiger partial charge in [0.25, 0.3) is 0 Å². The number of anilines is 1. The summed E-state index contributed by atoms with van der Waals surface area (Å²) in [4.78, 5) is 2.68. The third-order valence-corrected chi connectivity index (χ3v) is 10.7. The van der Waals surface area contributed by atoms with E-state index in [2.05, 4.69) is 95.8 Å². The van der Waals surface area contributed by atoms with Crippen molar-refractivity contribution in [2.24, 2.45) is 0 Å². The molecule has 0 radical (unpaired) electrons. The molecule has 1 heterocycles. The molecule has 3 saturated carbocycles. The van der Waals surface area contributed by atoms with E-state index in [0.717, 1.165) is 31.4 Å². The maximum Gasteiger partial charge on any atom is 0.107 e. The fraction of sp³-hybridized carbons (Fsp3) is 0.463. The van der Waals surface area contributed by atoms with Gasteiger partial charge in [-0.05, 0) is 149 Å². The lowest BCUT2D eigenvalue weighted by molar-refractivity contribution is 0.352. The van der Waals surface area contributed by atoms with Gasteiger partial charge < -0.3 is 15.5 Å². The maximum atomic E-state index is 3.95. The molecule has 1 aliphatic heterocycles. The number of hydrogen-bond acceptors (Lipinski definition) is 3. The number of aryl methyl sites for hydroxylation is 1. The number of nitrogens with one attached hydrogen (secondary N) is 2. The summed E-state index contributed by atoms with van der Waals surface area (Å²) < 4.78 is 0. The minimum atomic E-state index is 0.319. The molecule has 0 bridgehead atoms. The van der Waals surface area contributed by atoms with Crippen LogP contribution in [0.3, 0.4) is 0 Å². The molecule has 5 aliphatic rings. The number of rotatable bonds is 8. The molecule has 3 nitrogen and oxygen atoms in total. The van der Waals surface area contributed by atoms with E-state index < -0.39 is 0 Å². The molecule has 1 atom stereocenters. The first-order chi connectivity index (χ1) is 21.6. The zero-order valence-corrected chi connectivity index (χ0v) is 26.9. The van der Waals surface area contributed by atoms with Crippen LogP contribution < -0.4 is 10.6 Å². The average molecular weight is 584 g/mol. The molecule has 0 spiro atoms. The Morgan fingerprint density at radius 3 is 2.41 bits per heavy atom. The number of allylic oxidation sites excluding steroid dienone is 6. The first-order valence-electron chi connectivity index (χ1n) is 17.4. The second-order valence-corrected chi connectivity index (χ2v) is 13.8. The average Bonchev–Trinajstić information content (AvgIpc) is 3.40. The van der Waals surface area contributed by atoms with E-state index in [1.165, 1.54) is 116 Å². The number of hydrogen-bond donors (Lipinski definition) is 2. The summed E-state index contributed by atoms with van der Waals surface area (Å²) >= 11 is 0. The summed E-state index contributed by atoms with van der Waals surface area (Å²) in [6, 6.07) is 16.3. The summed E-state index contributed by atoms with van der Waals surface area (Å²) in [6.07, 6.45) is 21.8. The molecule has 2 N–H and O–H groups in total. The molecule has 7 rings (SSSR count). The SMILES string of the molecule is CC1=C(NC(Nc2ccc(CC(=C3CCC3)N3CCCC3C#Cc3cccc(C)c3)cc2C2CCC2)=C2CCC2)C=CCC1. The van der Waals surface area contributed by atoms with Crippen LogP contribution in [0.25, 0.3) is 0 Å². The van der Waals surface area contributed by atoms with Crippen LogP contribution in [0.4, 0.5) is 5.69 Å². The van der Waals surface area contributed by atoms with E-state index >= 15 is 0 Å². The van der Waals surface area contributed by atoms with Gasteiger partial charge >= 0.3 is 0 Å². The highest BCUT2D eigenvalue weighted by Crippen LogP contribution is 2.42. The summed E-state index contributed by atoms with van der Waals surface area (Å²) in [7, 11) is 0. The van der Waals surface area contributed by atoms with Crippen LogP contribution in [0.2, 0.25) is 0 Å². The molecule has 0 aromatic heterocycles. The van der Waals surface area contributed by atoms with E-state index in [1.807, 2.05) is 0 Å². The van der Waals surface area contributed by atoms with Crippen LogP contribution in [-0.2, 0) is 6.42 Å². The summed E-state index contributed by atoms with van der Waals surface area (Å²) in [5.41, 5.74) is 14.2. The van der Waals surface area contributed by atoms with Crippen molar-refractivity contribution >= 4 is 5.69 Å². The van der Waals surface area contributed by atoms with E-state index in [-0.39, 0.29) is 0 Å². The molecule has 2 aromatic rings. The van der Waals surface area contributed by atoms with Gasteiger partial charge in [0.1, 0.15) is 5.82 Å². The number of likely N-dealkylation sites (tertiary alicyclic amines) is 1. The van der Waals surface area contributed by atoms with Crippen LogP contribution >= 0.6 is 0 Å². The molecule has 3 heteroatoms. The quantitative estimate of drug-likeness (QED) is 0.303. The Kier molecular flexibility index (Phi) is 8.70. The van der Waals surface area contributed by atoms with E-state index in [0.29, 0.717) is 12.0 Å². The molecule has 2 aromatic carbocycles. The largest absolute Gasteiger partial charge is 0.361 e. The molecule has 4 fully saturated rings. The van der Waals surface area contributed by atoms with Crippen LogP contribution in [0.5, 0.6) is 0 Å². The molecule has 4 aliphatic carbocycles. The Balaban J connectivity index is 1.14. The summed E-state index contributed by atoms with van der Waals surface area (Å²) in [6.45, 7) is 5.56. The molecular weight excluding hydrogens is 534 g/mol. The first kappa shape index (κ1) is 29.1. The van der Waals surface area contributed by atoms with Crippen molar-refractivity contribution in [3.8, 4) is 11.8 Å². The number of benzene rings is 2. The topological polar surface area (TPSA) is 27.3 Å². The maximum absolute atomic E-state index is 3.95. The molecule has 44 heavy (non-hydrogen) atoms. The summed E-state index contributed by atoms with van der Waals surface area (Å²) in [5, 5.41) is 7.79. The minimum absolute atomic E-state index is 0.319. The van der Waals surface area contributed by atoms with Gasteiger partial charge in [-0.15, -0.1) is 0 Å². The predicted octanol–water partition coefficient (Wildman–Crippen LogP) is 9.78. The van der Waals surface area contributed by atoms with Gasteiger partial charge in [-0.25, -0.2) is 0 Å². The zero-order valence-electron chi connectivity index (χ0n) is 26.9. The second-order valence-electron chi connectivity index (χ2n) is 13.8. The van der Waals surface area contributed by atoms with E-state index in [9.17, 15) is 0 Å². The molecule has 228 valence electrons. The smallest absolute Gasteiger partial charge is 0.107 e. The van der Waals surface area contributed by atoms with Gasteiger partial charge in [-0.3, -0.25) is 0 Å². The zero-order chi connectivity index (χ0) is 29.9. The summed E-state index contributed by atoms with van der Waals surface area (Å²) in [5.74, 6) is 9.12. The van der Waals surface area contributed by atoms with Gasteiger partial charge in [0.15, 0.2) is 0 Å². The fourth-order valence-electron chi connectivity index (χ4n) is 7.29. The van der Waals surface area contributed by atoms with Crippen molar-refractivity contribution in [1.29, 1.82) is 0 Å². The van der Waals surface area contributed by atoms with Gasteiger partial charge in [-0.2, -0.15) is 0 Å². The van der Waals surface area contributed by atoms with Gasteiger partial charge in [0.2, 0.25) is 0 Å². The van der Waals surface area contributed by atoms with Crippen molar-refractivity contribution in [1.82, 2.24) is 10.2 Å². The standard InChI is InChI=1S/C41H49N3/c1-29-10-5-12-31(26-29)21-23-36-19-9-25-44(36)40(34-15-7-16-34)28-32-22-24-39(37(27-32)33-13-6-14-33)43-41(35-17-8-18-35)42-38-20-4-3-11-30(38)2/h4-5,10,12,20,22,24,26-27,33,36,42-43H,3,6-9,11,13-19,25,28H2,1-2H3. The van der Waals surface area contributed by atoms with Gasteiger partial charge in [0, 0.05) is 35.6 Å². The van der Waals surface area contributed by atoms with Crippen LogP contribution in [0.15, 0.2) is 88.6 Å². The molecule has 1 unspecified atom stereocenters. The lowest BCUT2D eigenvalue weighted by Crippen LogP contribution is -2.31. The van der Waals surface area contributed by atoms with Gasteiger partial charge in [-0.1, -0.05) is 54.2 Å². The van der Waals surface area contributed by atoms with E-state index in [4.69, 9.17) is 0 Å². The van der Waals surface area contributed by atoms with Crippen LogP contribution in [-0.4, -0.2) is 17.5 Å². The minimum Gasteiger partial charge on any atom is -0.361 e. The lowest BCUT2D eigenvalue weighted by atomic mass is 9.78. The molecular formula is C41H49N3. The Hall–Kier alpha value is -3.64. The molecule has 1 saturated heterocycles. The Bertz CT molecular complexity index is 1570. The predicted molar refractivity (Wildman–Crippen MR) is 184 cm³/mol. The Morgan fingerprint density at radius 1 is 0.864 bits per heavy atom. The first-order valence-corrected chi connectivity index (χ1v) is 17.4. The van der Waals surface area contributed by atoms with Crippen molar-refractivity contribution in [3.63, 3.8) is 0 Å². The van der Waals surface area contributed by atoms with Gasteiger partial charge in [0.05, 0.1) is 6.04 Å².